The molecule has 84 valence electrons. The molecule has 3 rings (SSSR count). The lowest BCUT2D eigenvalue weighted by Gasteiger charge is -2.27. The second-order valence-electron chi connectivity index (χ2n) is 5.14. The van der Waals surface area contributed by atoms with E-state index in [4.69, 9.17) is 4.74 Å². The van der Waals surface area contributed by atoms with E-state index in [2.05, 4.69) is 5.32 Å². The normalized spacial score (nSPS) is 31.5. The van der Waals surface area contributed by atoms with Gasteiger partial charge in [-0.3, -0.25) is 0 Å². The molecule has 1 N–H and O–H groups in total. The van der Waals surface area contributed by atoms with Gasteiger partial charge in [0.1, 0.15) is 0 Å². The van der Waals surface area contributed by atoms with Gasteiger partial charge in [-0.15, -0.1) is 0 Å². The second kappa shape index (κ2) is 3.37. The van der Waals surface area contributed by atoms with Gasteiger partial charge in [0.25, 0.3) is 0 Å². The van der Waals surface area contributed by atoms with Gasteiger partial charge in [0.15, 0.2) is 0 Å². The maximum Gasteiger partial charge on any atom is 0.317 e. The van der Waals surface area contributed by atoms with Crippen molar-refractivity contribution in [2.24, 2.45) is 5.41 Å². The molecule has 2 aliphatic heterocycles. The van der Waals surface area contributed by atoms with Crippen LogP contribution in [-0.4, -0.2) is 43.3 Å². The molecule has 3 aliphatic rings. The molecule has 3 fully saturated rings. The van der Waals surface area contributed by atoms with Gasteiger partial charge in [0.05, 0.1) is 6.10 Å². The van der Waals surface area contributed by atoms with Crippen LogP contribution in [0.15, 0.2) is 0 Å². The molecule has 2 heterocycles. The molecule has 4 heteroatoms. The first kappa shape index (κ1) is 9.46. The van der Waals surface area contributed by atoms with E-state index in [0.29, 0.717) is 12.0 Å². The molecule has 0 aromatic heterocycles. The third kappa shape index (κ3) is 1.83. The number of likely N-dealkylation sites (tertiary alicyclic amines) is 1. The van der Waals surface area contributed by atoms with Gasteiger partial charge in [-0.1, -0.05) is 0 Å². The lowest BCUT2D eigenvalue weighted by molar-refractivity contribution is -0.0471. The topological polar surface area (TPSA) is 41.6 Å². The Balaban J connectivity index is 1.43. The van der Waals surface area contributed by atoms with Gasteiger partial charge >= 0.3 is 6.03 Å². The fourth-order valence-electron chi connectivity index (χ4n) is 2.45. The second-order valence-corrected chi connectivity index (χ2v) is 5.14. The molecule has 4 nitrogen and oxygen atoms in total. The summed E-state index contributed by atoms with van der Waals surface area (Å²) in [6.07, 6.45) is 5.21. The van der Waals surface area contributed by atoms with Crippen LogP contribution in [0.4, 0.5) is 4.79 Å². The number of hydrogen-bond acceptors (Lipinski definition) is 2. The number of amides is 2. The first-order valence-electron chi connectivity index (χ1n) is 5.92. The van der Waals surface area contributed by atoms with E-state index in [-0.39, 0.29) is 12.1 Å². The van der Waals surface area contributed by atoms with Gasteiger partial charge in [-0.2, -0.15) is 0 Å². The Morgan fingerprint density at radius 3 is 2.80 bits per heavy atom. The minimum Gasteiger partial charge on any atom is -0.376 e. The summed E-state index contributed by atoms with van der Waals surface area (Å²) < 4.78 is 5.26. The number of ether oxygens (including phenoxy) is 1. The molecule has 0 aromatic rings. The molecule has 0 aromatic carbocycles. The smallest absolute Gasteiger partial charge is 0.317 e. The van der Waals surface area contributed by atoms with E-state index in [9.17, 15) is 4.79 Å². The van der Waals surface area contributed by atoms with Crippen molar-refractivity contribution in [3.8, 4) is 0 Å². The summed E-state index contributed by atoms with van der Waals surface area (Å²) in [5, 5.41) is 2.95. The van der Waals surface area contributed by atoms with E-state index in [1.165, 1.54) is 19.3 Å². The van der Waals surface area contributed by atoms with Crippen LogP contribution in [0.1, 0.15) is 25.7 Å². The summed E-state index contributed by atoms with van der Waals surface area (Å²) in [5.74, 6) is 0. The number of carbonyl (C=O) groups excluding carboxylic acids is 1. The number of carbonyl (C=O) groups is 1. The van der Waals surface area contributed by atoms with E-state index in [0.717, 1.165) is 26.1 Å². The van der Waals surface area contributed by atoms with E-state index >= 15 is 0 Å². The first-order valence-corrected chi connectivity index (χ1v) is 5.92. The number of urea groups is 1. The SMILES string of the molecule is O=C(NC[C@H]1CCO1)N1CCC2(CC2)C1. The first-order chi connectivity index (χ1) is 7.27. The summed E-state index contributed by atoms with van der Waals surface area (Å²) in [6.45, 7) is 3.46. The quantitative estimate of drug-likeness (QED) is 0.738. The minimum atomic E-state index is 0.106. The molecule has 0 radical (unpaired) electrons. The molecule has 1 aliphatic carbocycles. The monoisotopic (exact) mass is 210 g/mol. The molecular formula is C11H18N2O2. The molecule has 2 saturated heterocycles. The van der Waals surface area contributed by atoms with Crippen LogP contribution in [0.2, 0.25) is 0 Å². The van der Waals surface area contributed by atoms with Crippen molar-refractivity contribution >= 4 is 6.03 Å². The molecular weight excluding hydrogens is 192 g/mol. The highest BCUT2D eigenvalue weighted by molar-refractivity contribution is 5.74. The number of hydrogen-bond donors (Lipinski definition) is 1. The average Bonchev–Trinajstić information content (AvgIpc) is 2.73. The van der Waals surface area contributed by atoms with Crippen molar-refractivity contribution in [1.29, 1.82) is 0 Å². The van der Waals surface area contributed by atoms with Crippen molar-refractivity contribution in [3.63, 3.8) is 0 Å². The fourth-order valence-corrected chi connectivity index (χ4v) is 2.45. The van der Waals surface area contributed by atoms with Crippen molar-refractivity contribution in [2.45, 2.75) is 31.8 Å². The molecule has 15 heavy (non-hydrogen) atoms. The summed E-state index contributed by atoms with van der Waals surface area (Å²) >= 11 is 0. The predicted molar refractivity (Wildman–Crippen MR) is 55.6 cm³/mol. The Morgan fingerprint density at radius 1 is 1.47 bits per heavy atom. The molecule has 1 spiro atoms. The van der Waals surface area contributed by atoms with Crippen molar-refractivity contribution < 1.29 is 9.53 Å². The van der Waals surface area contributed by atoms with Gasteiger partial charge in [0.2, 0.25) is 0 Å². The third-order valence-electron chi connectivity index (χ3n) is 3.96. The van der Waals surface area contributed by atoms with Crippen molar-refractivity contribution in [3.05, 3.63) is 0 Å². The highest BCUT2D eigenvalue weighted by atomic mass is 16.5. The average molecular weight is 210 g/mol. The van der Waals surface area contributed by atoms with Crippen molar-refractivity contribution in [1.82, 2.24) is 10.2 Å². The Bertz CT molecular complexity index is 272. The van der Waals surface area contributed by atoms with E-state index in [1.807, 2.05) is 4.90 Å². The highest BCUT2D eigenvalue weighted by Gasteiger charge is 2.48. The Hall–Kier alpha value is -0.770. The molecule has 0 unspecified atom stereocenters. The zero-order valence-corrected chi connectivity index (χ0v) is 9.00. The Kier molecular flexibility index (Phi) is 2.12. The molecule has 1 atom stereocenters. The van der Waals surface area contributed by atoms with Crippen LogP contribution in [0, 0.1) is 5.41 Å². The predicted octanol–water partition coefficient (Wildman–Crippen LogP) is 0.971. The Morgan fingerprint density at radius 2 is 2.27 bits per heavy atom. The van der Waals surface area contributed by atoms with Crippen LogP contribution in [0.5, 0.6) is 0 Å². The molecule has 1 saturated carbocycles. The summed E-state index contributed by atoms with van der Waals surface area (Å²) in [4.78, 5) is 13.7. The lowest BCUT2D eigenvalue weighted by atomic mass is 10.1. The van der Waals surface area contributed by atoms with Crippen LogP contribution in [-0.2, 0) is 4.74 Å². The fraction of sp³-hybridized carbons (Fsp3) is 0.909. The van der Waals surface area contributed by atoms with Crippen LogP contribution >= 0.6 is 0 Å². The molecule has 2 amide bonds. The zero-order valence-electron chi connectivity index (χ0n) is 9.00. The Labute approximate surface area is 90.0 Å². The van der Waals surface area contributed by atoms with E-state index < -0.39 is 0 Å². The van der Waals surface area contributed by atoms with Crippen LogP contribution in [0.25, 0.3) is 0 Å². The maximum absolute atomic E-state index is 11.8. The highest BCUT2D eigenvalue weighted by Crippen LogP contribution is 2.52. The maximum atomic E-state index is 11.8. The number of nitrogens with one attached hydrogen (secondary N) is 1. The minimum absolute atomic E-state index is 0.106. The largest absolute Gasteiger partial charge is 0.376 e. The summed E-state index contributed by atoms with van der Waals surface area (Å²) in [7, 11) is 0. The van der Waals surface area contributed by atoms with Gasteiger partial charge in [0, 0.05) is 26.2 Å². The molecule has 0 bridgehead atoms. The van der Waals surface area contributed by atoms with Crippen molar-refractivity contribution in [2.75, 3.05) is 26.2 Å². The summed E-state index contributed by atoms with van der Waals surface area (Å²) in [5.41, 5.74) is 0.532. The van der Waals surface area contributed by atoms with Crippen LogP contribution < -0.4 is 5.32 Å². The standard InChI is InChI=1S/C11H18N2O2/c14-10(12-7-9-1-6-15-9)13-5-4-11(8-13)2-3-11/h9H,1-8H2,(H,12,14)/t9-/m1/s1. The number of rotatable bonds is 2. The van der Waals surface area contributed by atoms with E-state index in [1.54, 1.807) is 0 Å². The number of nitrogens with zero attached hydrogens (tertiary/aromatic N) is 1. The third-order valence-corrected chi connectivity index (χ3v) is 3.96. The van der Waals surface area contributed by atoms with Gasteiger partial charge in [-0.05, 0) is 31.1 Å². The zero-order chi connectivity index (χ0) is 10.3. The van der Waals surface area contributed by atoms with Gasteiger partial charge < -0.3 is 15.0 Å². The van der Waals surface area contributed by atoms with Gasteiger partial charge in [-0.25, -0.2) is 4.79 Å². The lowest BCUT2D eigenvalue weighted by Crippen LogP contribution is -2.45. The van der Waals surface area contributed by atoms with Crippen LogP contribution in [0.3, 0.4) is 0 Å². The summed E-state index contributed by atoms with van der Waals surface area (Å²) in [6, 6.07) is 0.106.